The van der Waals surface area contributed by atoms with Gasteiger partial charge < -0.3 is 0 Å². The minimum atomic E-state index is -0.422. The average molecular weight is 225 g/mol. The molecule has 0 aromatic heterocycles. The fourth-order valence-corrected chi connectivity index (χ4v) is 1.41. The molecule has 0 spiro atoms. The molecule has 0 aliphatic carbocycles. The minimum Gasteiger partial charge on any atom is -0.291 e. The molecule has 2 aliphatic heterocycles. The highest BCUT2D eigenvalue weighted by molar-refractivity contribution is 9.12. The SMILES string of the molecule is O=C1C(Br)=CN=C2C=CC=NC12. The summed E-state index contributed by atoms with van der Waals surface area (Å²) < 4.78 is 0.490. The van der Waals surface area contributed by atoms with Crippen LogP contribution in [0.4, 0.5) is 0 Å². The van der Waals surface area contributed by atoms with E-state index in [9.17, 15) is 4.79 Å². The van der Waals surface area contributed by atoms with Crippen molar-refractivity contribution >= 4 is 33.6 Å². The number of nitrogens with zero attached hydrogens (tertiary/aromatic N) is 2. The van der Waals surface area contributed by atoms with Crippen LogP contribution in [0.5, 0.6) is 0 Å². The van der Waals surface area contributed by atoms with E-state index >= 15 is 0 Å². The number of ketones is 1. The van der Waals surface area contributed by atoms with Crippen molar-refractivity contribution in [1.82, 2.24) is 0 Å². The first-order valence-electron chi connectivity index (χ1n) is 3.46. The number of carbonyl (C=O) groups excluding carboxylic acids is 1. The number of aliphatic imine (C=N–C) groups is 2. The number of carbonyl (C=O) groups is 1. The molecule has 0 saturated heterocycles. The quantitative estimate of drug-likeness (QED) is 0.611. The molecule has 0 radical (unpaired) electrons. The van der Waals surface area contributed by atoms with Crippen LogP contribution in [0.2, 0.25) is 0 Å². The van der Waals surface area contributed by atoms with Gasteiger partial charge >= 0.3 is 0 Å². The third kappa shape index (κ3) is 1.08. The topological polar surface area (TPSA) is 41.8 Å². The van der Waals surface area contributed by atoms with E-state index in [2.05, 4.69) is 25.9 Å². The molecule has 2 aliphatic rings. The highest BCUT2D eigenvalue weighted by Crippen LogP contribution is 2.18. The number of hydrogen-bond acceptors (Lipinski definition) is 3. The van der Waals surface area contributed by atoms with E-state index in [1.807, 2.05) is 0 Å². The van der Waals surface area contributed by atoms with Crippen LogP contribution in [0.15, 0.2) is 32.8 Å². The second kappa shape index (κ2) is 2.79. The van der Waals surface area contributed by atoms with Crippen molar-refractivity contribution in [2.24, 2.45) is 9.98 Å². The van der Waals surface area contributed by atoms with E-state index in [4.69, 9.17) is 0 Å². The number of Topliss-reactive ketones (excluding diaryl/α,β-unsaturated/α-hetero) is 1. The van der Waals surface area contributed by atoms with Gasteiger partial charge in [0.05, 0.1) is 10.2 Å². The van der Waals surface area contributed by atoms with Crippen molar-refractivity contribution in [2.45, 2.75) is 6.04 Å². The molecule has 2 rings (SSSR count). The summed E-state index contributed by atoms with van der Waals surface area (Å²) in [6.45, 7) is 0. The maximum atomic E-state index is 11.4. The Labute approximate surface area is 77.7 Å². The summed E-state index contributed by atoms with van der Waals surface area (Å²) in [5.41, 5.74) is 0.714. The van der Waals surface area contributed by atoms with Crippen molar-refractivity contribution in [2.75, 3.05) is 0 Å². The van der Waals surface area contributed by atoms with Gasteiger partial charge in [0.15, 0.2) is 6.04 Å². The second-order valence-corrected chi connectivity index (χ2v) is 3.31. The van der Waals surface area contributed by atoms with E-state index in [0.29, 0.717) is 10.2 Å². The number of halogens is 1. The van der Waals surface area contributed by atoms with Gasteiger partial charge in [0.25, 0.3) is 0 Å². The van der Waals surface area contributed by atoms with Crippen LogP contribution in [-0.2, 0) is 4.79 Å². The first kappa shape index (κ1) is 7.61. The average Bonchev–Trinajstić information content (AvgIpc) is 2.12. The molecule has 4 heteroatoms. The van der Waals surface area contributed by atoms with Crippen LogP contribution in [0.25, 0.3) is 0 Å². The summed E-state index contributed by atoms with van der Waals surface area (Å²) in [7, 11) is 0. The normalized spacial score (nSPS) is 26.4. The third-order valence-corrected chi connectivity index (χ3v) is 2.27. The van der Waals surface area contributed by atoms with Gasteiger partial charge in [0.2, 0.25) is 5.78 Å². The number of fused-ring (bicyclic) bond motifs is 1. The molecule has 0 aromatic rings. The minimum absolute atomic E-state index is 0.0272. The van der Waals surface area contributed by atoms with Crippen LogP contribution in [0.1, 0.15) is 0 Å². The molecule has 60 valence electrons. The molecule has 2 heterocycles. The Morgan fingerprint density at radius 3 is 3.17 bits per heavy atom. The summed E-state index contributed by atoms with van der Waals surface area (Å²) in [5, 5.41) is 0. The largest absolute Gasteiger partial charge is 0.291 e. The van der Waals surface area contributed by atoms with Crippen molar-refractivity contribution < 1.29 is 4.79 Å². The standard InChI is InChI=1S/C8H5BrN2O/c9-5-4-11-6-2-1-3-10-7(6)8(5)12/h1-4,7H. The zero-order chi connectivity index (χ0) is 8.55. The van der Waals surface area contributed by atoms with Crippen molar-refractivity contribution in [1.29, 1.82) is 0 Å². The number of dihydropyridines is 1. The molecule has 0 bridgehead atoms. The zero-order valence-corrected chi connectivity index (χ0v) is 7.65. The number of hydrogen-bond donors (Lipinski definition) is 0. The third-order valence-electron chi connectivity index (χ3n) is 1.68. The number of allylic oxidation sites excluding steroid dienone is 1. The van der Waals surface area contributed by atoms with Gasteiger partial charge in [-0.25, -0.2) is 0 Å². The summed E-state index contributed by atoms with van der Waals surface area (Å²) >= 11 is 3.12. The summed E-state index contributed by atoms with van der Waals surface area (Å²) in [6.07, 6.45) is 6.70. The zero-order valence-electron chi connectivity index (χ0n) is 6.07. The lowest BCUT2D eigenvalue weighted by Gasteiger charge is -2.16. The van der Waals surface area contributed by atoms with Crippen molar-refractivity contribution in [3.05, 3.63) is 22.8 Å². The van der Waals surface area contributed by atoms with Crippen LogP contribution in [0, 0.1) is 0 Å². The summed E-state index contributed by atoms with van der Waals surface area (Å²) in [6, 6.07) is -0.422. The molecule has 0 fully saturated rings. The van der Waals surface area contributed by atoms with Crippen LogP contribution < -0.4 is 0 Å². The summed E-state index contributed by atoms with van der Waals surface area (Å²) in [4.78, 5) is 19.5. The van der Waals surface area contributed by atoms with Crippen LogP contribution in [0.3, 0.4) is 0 Å². The Balaban J connectivity index is 2.45. The van der Waals surface area contributed by atoms with Gasteiger partial charge in [0, 0.05) is 12.4 Å². The highest BCUT2D eigenvalue weighted by atomic mass is 79.9. The lowest BCUT2D eigenvalue weighted by molar-refractivity contribution is -0.114. The van der Waals surface area contributed by atoms with E-state index in [1.165, 1.54) is 6.20 Å². The second-order valence-electron chi connectivity index (χ2n) is 2.46. The molecule has 0 N–H and O–H groups in total. The van der Waals surface area contributed by atoms with Gasteiger partial charge in [-0.2, -0.15) is 0 Å². The molecular weight excluding hydrogens is 220 g/mol. The molecule has 1 unspecified atom stereocenters. The van der Waals surface area contributed by atoms with Gasteiger partial charge in [-0.05, 0) is 28.1 Å². The Hall–Kier alpha value is -1.03. The summed E-state index contributed by atoms with van der Waals surface area (Å²) in [5.74, 6) is -0.0272. The van der Waals surface area contributed by atoms with Gasteiger partial charge in [0.1, 0.15) is 0 Å². The van der Waals surface area contributed by atoms with Crippen LogP contribution >= 0.6 is 15.9 Å². The Bertz CT molecular complexity index is 352. The monoisotopic (exact) mass is 224 g/mol. The Morgan fingerprint density at radius 2 is 2.33 bits per heavy atom. The lowest BCUT2D eigenvalue weighted by atomic mass is 10.0. The molecule has 12 heavy (non-hydrogen) atoms. The smallest absolute Gasteiger partial charge is 0.201 e. The van der Waals surface area contributed by atoms with Gasteiger partial charge in [-0.15, -0.1) is 0 Å². The lowest BCUT2D eigenvalue weighted by Crippen LogP contribution is -2.31. The maximum absolute atomic E-state index is 11.4. The van der Waals surface area contributed by atoms with Gasteiger partial charge in [-0.1, -0.05) is 0 Å². The van der Waals surface area contributed by atoms with Crippen LogP contribution in [-0.4, -0.2) is 23.8 Å². The van der Waals surface area contributed by atoms with Crippen molar-refractivity contribution in [3.8, 4) is 0 Å². The molecule has 1 atom stereocenters. The first-order chi connectivity index (χ1) is 5.79. The predicted octanol–water partition coefficient (Wildman–Crippen LogP) is 1.26. The fourth-order valence-electron chi connectivity index (χ4n) is 1.09. The van der Waals surface area contributed by atoms with E-state index in [0.717, 1.165) is 0 Å². The molecule has 3 nitrogen and oxygen atoms in total. The number of rotatable bonds is 0. The molecular formula is C8H5BrN2O. The Morgan fingerprint density at radius 1 is 1.50 bits per heavy atom. The van der Waals surface area contributed by atoms with E-state index < -0.39 is 6.04 Å². The molecule has 0 saturated carbocycles. The maximum Gasteiger partial charge on any atom is 0.201 e. The predicted molar refractivity (Wildman–Crippen MR) is 50.9 cm³/mol. The van der Waals surface area contributed by atoms with E-state index in [-0.39, 0.29) is 5.78 Å². The van der Waals surface area contributed by atoms with Crippen molar-refractivity contribution in [3.63, 3.8) is 0 Å². The Kier molecular flexibility index (Phi) is 1.77. The molecule has 0 amide bonds. The first-order valence-corrected chi connectivity index (χ1v) is 4.26. The molecule has 0 aromatic carbocycles. The fraction of sp³-hybridized carbons (Fsp3) is 0.125. The van der Waals surface area contributed by atoms with E-state index in [1.54, 1.807) is 18.4 Å². The highest BCUT2D eigenvalue weighted by Gasteiger charge is 2.27. The van der Waals surface area contributed by atoms with Gasteiger partial charge in [-0.3, -0.25) is 14.8 Å².